The molecule has 0 spiro atoms. The molecule has 0 aliphatic heterocycles. The molecule has 94 valence electrons. The van der Waals surface area contributed by atoms with E-state index in [2.05, 4.69) is 0 Å². The summed E-state index contributed by atoms with van der Waals surface area (Å²) in [5.41, 5.74) is -0.310. The molecular formula is C13H16ClFO2. The van der Waals surface area contributed by atoms with Crippen LogP contribution in [0.2, 0.25) is 5.02 Å². The van der Waals surface area contributed by atoms with Gasteiger partial charge in [-0.2, -0.15) is 0 Å². The Labute approximate surface area is 105 Å². The molecule has 0 saturated heterocycles. The molecule has 0 bridgehead atoms. The first-order chi connectivity index (χ1) is 7.96. The standard InChI is InChI=1S/C13H16ClFO2/c1-3-13(4-2,12(16)17)8-9-6-5-7-10(15)11(9)14/h5-7H,3-4,8H2,1-2H3,(H,16,17). The molecule has 1 aromatic carbocycles. The van der Waals surface area contributed by atoms with Crippen molar-refractivity contribution in [2.75, 3.05) is 0 Å². The molecule has 2 nitrogen and oxygen atoms in total. The first-order valence-electron chi connectivity index (χ1n) is 5.63. The fraction of sp³-hybridized carbons (Fsp3) is 0.462. The van der Waals surface area contributed by atoms with E-state index in [4.69, 9.17) is 11.6 Å². The fourth-order valence-electron chi connectivity index (χ4n) is 1.93. The minimum absolute atomic E-state index is 0.0278. The Morgan fingerprint density at radius 2 is 2.00 bits per heavy atom. The number of carboxylic acids is 1. The van der Waals surface area contributed by atoms with E-state index < -0.39 is 17.2 Å². The average molecular weight is 259 g/mol. The van der Waals surface area contributed by atoms with Crippen LogP contribution in [0.3, 0.4) is 0 Å². The Morgan fingerprint density at radius 1 is 1.41 bits per heavy atom. The van der Waals surface area contributed by atoms with Crippen LogP contribution in [-0.2, 0) is 11.2 Å². The molecule has 1 rings (SSSR count). The van der Waals surface area contributed by atoms with Gasteiger partial charge in [-0.05, 0) is 30.9 Å². The minimum atomic E-state index is -0.864. The average Bonchev–Trinajstić information content (AvgIpc) is 2.31. The molecule has 0 saturated carbocycles. The first-order valence-corrected chi connectivity index (χ1v) is 6.01. The van der Waals surface area contributed by atoms with Crippen molar-refractivity contribution in [3.63, 3.8) is 0 Å². The third-order valence-electron chi connectivity index (χ3n) is 3.37. The lowest BCUT2D eigenvalue weighted by Crippen LogP contribution is -2.32. The van der Waals surface area contributed by atoms with Crippen LogP contribution in [0, 0.1) is 11.2 Å². The molecule has 1 aromatic rings. The lowest BCUT2D eigenvalue weighted by Gasteiger charge is -2.27. The maximum atomic E-state index is 13.3. The zero-order valence-electron chi connectivity index (χ0n) is 9.96. The van der Waals surface area contributed by atoms with Gasteiger partial charge in [-0.15, -0.1) is 0 Å². The van der Waals surface area contributed by atoms with Gasteiger partial charge in [0.2, 0.25) is 0 Å². The lowest BCUT2D eigenvalue weighted by molar-refractivity contribution is -0.149. The monoisotopic (exact) mass is 258 g/mol. The molecule has 0 aliphatic rings. The number of carboxylic acid groups (broad SMARTS) is 1. The number of hydrogen-bond acceptors (Lipinski definition) is 1. The maximum Gasteiger partial charge on any atom is 0.309 e. The summed E-state index contributed by atoms with van der Waals surface area (Å²) in [6, 6.07) is 4.50. The quantitative estimate of drug-likeness (QED) is 0.869. The molecule has 0 atom stereocenters. The summed E-state index contributed by atoms with van der Waals surface area (Å²) >= 11 is 5.85. The highest BCUT2D eigenvalue weighted by atomic mass is 35.5. The van der Waals surface area contributed by atoms with E-state index in [1.165, 1.54) is 6.07 Å². The topological polar surface area (TPSA) is 37.3 Å². The van der Waals surface area contributed by atoms with Crippen molar-refractivity contribution in [1.29, 1.82) is 0 Å². The molecule has 1 N–H and O–H groups in total. The highest BCUT2D eigenvalue weighted by molar-refractivity contribution is 6.31. The van der Waals surface area contributed by atoms with Crippen molar-refractivity contribution >= 4 is 17.6 Å². The molecule has 17 heavy (non-hydrogen) atoms. The van der Waals surface area contributed by atoms with Crippen LogP contribution in [-0.4, -0.2) is 11.1 Å². The second-order valence-electron chi connectivity index (χ2n) is 4.18. The van der Waals surface area contributed by atoms with Crippen LogP contribution in [0.5, 0.6) is 0 Å². The lowest BCUT2D eigenvalue weighted by atomic mass is 9.77. The number of hydrogen-bond donors (Lipinski definition) is 1. The normalized spacial score (nSPS) is 11.5. The van der Waals surface area contributed by atoms with Gasteiger partial charge in [0.15, 0.2) is 0 Å². The SMILES string of the molecule is CCC(CC)(Cc1cccc(F)c1Cl)C(=O)O. The van der Waals surface area contributed by atoms with Gasteiger partial charge in [0.1, 0.15) is 5.82 Å². The molecule has 0 unspecified atom stereocenters. The van der Waals surface area contributed by atoms with Crippen LogP contribution in [0.4, 0.5) is 4.39 Å². The summed E-state index contributed by atoms with van der Waals surface area (Å²) in [6.45, 7) is 3.65. The van der Waals surface area contributed by atoms with Crippen molar-refractivity contribution in [3.8, 4) is 0 Å². The van der Waals surface area contributed by atoms with Crippen LogP contribution in [0.15, 0.2) is 18.2 Å². The number of rotatable bonds is 5. The van der Waals surface area contributed by atoms with Gasteiger partial charge in [0, 0.05) is 0 Å². The summed E-state index contributed by atoms with van der Waals surface area (Å²) in [7, 11) is 0. The fourth-order valence-corrected chi connectivity index (χ4v) is 2.12. The Balaban J connectivity index is 3.10. The Kier molecular flexibility index (Phi) is 4.52. The molecule has 0 heterocycles. The number of benzene rings is 1. The molecule has 0 amide bonds. The Bertz CT molecular complexity index is 414. The molecule has 0 aromatic heterocycles. The van der Waals surface area contributed by atoms with Gasteiger partial charge in [-0.3, -0.25) is 4.79 Å². The van der Waals surface area contributed by atoms with E-state index in [1.807, 2.05) is 13.8 Å². The van der Waals surface area contributed by atoms with Crippen LogP contribution in [0.25, 0.3) is 0 Å². The summed E-state index contributed by atoms with van der Waals surface area (Å²) < 4.78 is 13.3. The van der Waals surface area contributed by atoms with E-state index in [-0.39, 0.29) is 11.4 Å². The number of aliphatic carboxylic acids is 1. The Morgan fingerprint density at radius 3 is 2.47 bits per heavy atom. The second kappa shape index (κ2) is 5.50. The first kappa shape index (κ1) is 14.0. The summed E-state index contributed by atoms with van der Waals surface area (Å²) in [4.78, 5) is 11.3. The summed E-state index contributed by atoms with van der Waals surface area (Å²) in [6.07, 6.45) is 1.24. The van der Waals surface area contributed by atoms with Crippen molar-refractivity contribution in [1.82, 2.24) is 0 Å². The third kappa shape index (κ3) is 2.78. The van der Waals surface area contributed by atoms with E-state index in [0.29, 0.717) is 18.4 Å². The molecular weight excluding hydrogens is 243 g/mol. The van der Waals surface area contributed by atoms with Crippen LogP contribution < -0.4 is 0 Å². The van der Waals surface area contributed by atoms with Gasteiger partial charge < -0.3 is 5.11 Å². The molecule has 0 fully saturated rings. The van der Waals surface area contributed by atoms with Gasteiger partial charge in [0.05, 0.1) is 10.4 Å². The summed E-state index contributed by atoms with van der Waals surface area (Å²) in [5.74, 6) is -1.36. The molecule has 0 aliphatic carbocycles. The van der Waals surface area contributed by atoms with Gasteiger partial charge in [-0.1, -0.05) is 37.6 Å². The largest absolute Gasteiger partial charge is 0.481 e. The van der Waals surface area contributed by atoms with Gasteiger partial charge in [0.25, 0.3) is 0 Å². The Hall–Kier alpha value is -1.09. The molecule has 4 heteroatoms. The van der Waals surface area contributed by atoms with Crippen molar-refractivity contribution < 1.29 is 14.3 Å². The zero-order valence-corrected chi connectivity index (χ0v) is 10.7. The zero-order chi connectivity index (χ0) is 13.1. The van der Waals surface area contributed by atoms with E-state index >= 15 is 0 Å². The smallest absolute Gasteiger partial charge is 0.309 e. The van der Waals surface area contributed by atoms with Crippen molar-refractivity contribution in [3.05, 3.63) is 34.6 Å². The third-order valence-corrected chi connectivity index (χ3v) is 3.79. The highest BCUT2D eigenvalue weighted by Gasteiger charge is 2.35. The van der Waals surface area contributed by atoms with E-state index in [1.54, 1.807) is 12.1 Å². The molecule has 0 radical (unpaired) electrons. The van der Waals surface area contributed by atoms with Gasteiger partial charge in [-0.25, -0.2) is 4.39 Å². The number of carbonyl (C=O) groups is 1. The van der Waals surface area contributed by atoms with E-state index in [9.17, 15) is 14.3 Å². The second-order valence-corrected chi connectivity index (χ2v) is 4.56. The van der Waals surface area contributed by atoms with Crippen LogP contribution >= 0.6 is 11.6 Å². The highest BCUT2D eigenvalue weighted by Crippen LogP contribution is 2.34. The van der Waals surface area contributed by atoms with Crippen molar-refractivity contribution in [2.45, 2.75) is 33.1 Å². The van der Waals surface area contributed by atoms with Gasteiger partial charge >= 0.3 is 5.97 Å². The number of halogens is 2. The predicted molar refractivity (Wildman–Crippen MR) is 65.8 cm³/mol. The van der Waals surface area contributed by atoms with Crippen LogP contribution in [0.1, 0.15) is 32.3 Å². The minimum Gasteiger partial charge on any atom is -0.481 e. The summed E-state index contributed by atoms with van der Waals surface area (Å²) in [5, 5.41) is 9.34. The van der Waals surface area contributed by atoms with E-state index in [0.717, 1.165) is 0 Å². The van der Waals surface area contributed by atoms with Crippen molar-refractivity contribution in [2.24, 2.45) is 5.41 Å². The predicted octanol–water partition coefficient (Wildman–Crippen LogP) is 3.91. The maximum absolute atomic E-state index is 13.3.